The minimum Gasteiger partial charge on any atom is -0.508 e. The molecule has 1 aromatic rings. The Morgan fingerprint density at radius 3 is 2.08 bits per heavy atom. The summed E-state index contributed by atoms with van der Waals surface area (Å²) < 4.78 is 38.3. The molecule has 0 bridgehead atoms. The van der Waals surface area contributed by atoms with Crippen molar-refractivity contribution in [1.29, 1.82) is 0 Å². The zero-order valence-corrected chi connectivity index (χ0v) is 26.2. The molecule has 3 heterocycles. The second-order valence-electron chi connectivity index (χ2n) is 11.4. The third-order valence-corrected chi connectivity index (χ3v) is 8.30. The van der Waals surface area contributed by atoms with Gasteiger partial charge in [0.15, 0.2) is 12.6 Å². The molecule has 0 saturated carbocycles. The predicted octanol–water partition coefficient (Wildman–Crippen LogP) is -2.52. The first-order valence-electron chi connectivity index (χ1n) is 15.2. The first-order valence-corrected chi connectivity index (χ1v) is 15.2. The highest BCUT2D eigenvalue weighted by molar-refractivity contribution is 5.90. The molecule has 3 aliphatic rings. The number of allylic oxidation sites excluding steroid dienone is 1. The summed E-state index contributed by atoms with van der Waals surface area (Å²) in [5, 5.41) is 81.5. The van der Waals surface area contributed by atoms with E-state index < -0.39 is 98.8 Å². The summed E-state index contributed by atoms with van der Waals surface area (Å²) in [6, 6.07) is 6.37. The van der Waals surface area contributed by atoms with E-state index in [9.17, 15) is 50.4 Å². The van der Waals surface area contributed by atoms with Crippen LogP contribution in [0, 0.1) is 5.92 Å². The molecule has 268 valence electrons. The van der Waals surface area contributed by atoms with Gasteiger partial charge in [0.2, 0.25) is 6.29 Å². The normalized spacial score (nSPS) is 36.2. The maximum Gasteiger partial charge on any atom is 0.337 e. The zero-order valence-electron chi connectivity index (χ0n) is 26.2. The number of esters is 2. The molecule has 0 radical (unpaired) electrons. The summed E-state index contributed by atoms with van der Waals surface area (Å²) in [5.41, 5.74) is 1.02. The summed E-state index contributed by atoms with van der Waals surface area (Å²) in [7, 11) is 1.15. The highest BCUT2D eigenvalue weighted by Crippen LogP contribution is 2.37. The molecule has 2 saturated heterocycles. The molecule has 12 atom stereocenters. The Morgan fingerprint density at radius 2 is 1.48 bits per heavy atom. The smallest absolute Gasteiger partial charge is 0.337 e. The van der Waals surface area contributed by atoms with Crippen LogP contribution in [0.5, 0.6) is 5.75 Å². The quantitative estimate of drug-likeness (QED) is 0.0834. The summed E-state index contributed by atoms with van der Waals surface area (Å²) >= 11 is 0. The van der Waals surface area contributed by atoms with Gasteiger partial charge in [0.25, 0.3) is 0 Å². The molecular formula is C31H42O17. The fourth-order valence-corrected chi connectivity index (χ4v) is 5.58. The molecule has 1 aromatic carbocycles. The first kappa shape index (κ1) is 37.6. The number of phenols is 1. The van der Waals surface area contributed by atoms with E-state index >= 15 is 0 Å². The van der Waals surface area contributed by atoms with Gasteiger partial charge < -0.3 is 74.0 Å². The lowest BCUT2D eigenvalue weighted by atomic mass is 9.86. The summed E-state index contributed by atoms with van der Waals surface area (Å²) in [6.45, 7) is 0.0588. The number of carbonyl (C=O) groups excluding carboxylic acids is 2. The van der Waals surface area contributed by atoms with E-state index in [0.717, 1.165) is 18.9 Å². The lowest BCUT2D eigenvalue weighted by Crippen LogP contribution is -2.65. The maximum absolute atomic E-state index is 12.9. The Hall–Kier alpha value is -3.20. The van der Waals surface area contributed by atoms with E-state index in [1.165, 1.54) is 18.2 Å². The molecule has 0 spiro atoms. The van der Waals surface area contributed by atoms with Crippen molar-refractivity contribution >= 4 is 11.9 Å². The van der Waals surface area contributed by atoms with Crippen LogP contribution in [0.1, 0.15) is 18.9 Å². The first-order chi connectivity index (χ1) is 22.9. The number of aromatic hydroxyl groups is 1. The van der Waals surface area contributed by atoms with Gasteiger partial charge in [-0.3, -0.25) is 4.79 Å². The van der Waals surface area contributed by atoms with Gasteiger partial charge in [-0.25, -0.2) is 4.79 Å². The summed E-state index contributed by atoms with van der Waals surface area (Å²) in [4.78, 5) is 25.5. The summed E-state index contributed by atoms with van der Waals surface area (Å²) in [6.07, 6.45) is -15.6. The summed E-state index contributed by atoms with van der Waals surface area (Å²) in [5.74, 6) is -2.33. The molecule has 17 nitrogen and oxygen atoms in total. The van der Waals surface area contributed by atoms with E-state index in [2.05, 4.69) is 0 Å². The number of aliphatic hydroxyl groups excluding tert-OH is 7. The van der Waals surface area contributed by atoms with E-state index in [1.807, 2.05) is 0 Å². The number of rotatable bonds is 12. The molecule has 0 aromatic heterocycles. The number of carbonyl (C=O) groups is 2. The van der Waals surface area contributed by atoms with E-state index in [-0.39, 0.29) is 29.9 Å². The molecule has 8 N–H and O–H groups in total. The molecule has 4 rings (SSSR count). The molecular weight excluding hydrogens is 644 g/mol. The molecule has 0 unspecified atom stereocenters. The third kappa shape index (κ3) is 8.50. The van der Waals surface area contributed by atoms with Gasteiger partial charge in [-0.05, 0) is 24.6 Å². The van der Waals surface area contributed by atoms with Crippen LogP contribution in [0.2, 0.25) is 0 Å². The number of hydrogen-bond donors (Lipinski definition) is 8. The van der Waals surface area contributed by atoms with Crippen molar-refractivity contribution in [2.45, 2.75) is 87.5 Å². The van der Waals surface area contributed by atoms with E-state index in [4.69, 9.17) is 33.2 Å². The minimum absolute atomic E-state index is 0.0119. The highest BCUT2D eigenvalue weighted by atomic mass is 16.8. The number of aliphatic hydroxyl groups is 7. The van der Waals surface area contributed by atoms with Gasteiger partial charge >= 0.3 is 11.9 Å². The molecule has 3 aliphatic heterocycles. The van der Waals surface area contributed by atoms with Crippen LogP contribution in [0.3, 0.4) is 0 Å². The second kappa shape index (κ2) is 17.0. The largest absolute Gasteiger partial charge is 0.508 e. The molecule has 17 heteroatoms. The second-order valence-corrected chi connectivity index (χ2v) is 11.4. The number of ether oxygens (including phenoxy) is 7. The third-order valence-electron chi connectivity index (χ3n) is 8.30. The van der Waals surface area contributed by atoms with Crippen LogP contribution in [-0.2, 0) is 49.2 Å². The monoisotopic (exact) mass is 686 g/mol. The Bertz CT molecular complexity index is 1280. The van der Waals surface area contributed by atoms with Crippen molar-refractivity contribution in [1.82, 2.24) is 0 Å². The van der Waals surface area contributed by atoms with Gasteiger partial charge in [0.1, 0.15) is 54.6 Å². The SMILES string of the molecule is C/C=C1/[C@H](O[C@@H]2O[C@H](CO)[C@@H](O)[C@H](O[C@@H]3O[C@H](CO)[C@@H](O)[C@H](O)[C@H]3O)[C@H]2O)OC=C(C(=O)OC)[C@H]1CC(=O)OCCc1ccc(O)cc1. The highest BCUT2D eigenvalue weighted by Gasteiger charge is 2.52. The zero-order chi connectivity index (χ0) is 35.1. The van der Waals surface area contributed by atoms with Crippen LogP contribution < -0.4 is 0 Å². The number of methoxy groups -OCH3 is 1. The topological polar surface area (TPSA) is 261 Å². The Kier molecular flexibility index (Phi) is 13.3. The lowest BCUT2D eigenvalue weighted by Gasteiger charge is -2.46. The molecule has 2 fully saturated rings. The van der Waals surface area contributed by atoms with Crippen molar-refractivity contribution in [3.63, 3.8) is 0 Å². The van der Waals surface area contributed by atoms with Crippen LogP contribution in [0.4, 0.5) is 0 Å². The van der Waals surface area contributed by atoms with Crippen molar-refractivity contribution in [2.75, 3.05) is 26.9 Å². The maximum atomic E-state index is 12.9. The van der Waals surface area contributed by atoms with Crippen LogP contribution in [-0.4, -0.2) is 147 Å². The number of phenolic OH excluding ortho intramolecular Hbond substituents is 1. The molecule has 0 amide bonds. The van der Waals surface area contributed by atoms with Gasteiger partial charge in [-0.1, -0.05) is 18.2 Å². The van der Waals surface area contributed by atoms with Gasteiger partial charge in [0, 0.05) is 17.9 Å². The van der Waals surface area contributed by atoms with Crippen LogP contribution in [0.25, 0.3) is 0 Å². The predicted molar refractivity (Wildman–Crippen MR) is 157 cm³/mol. The molecule has 48 heavy (non-hydrogen) atoms. The number of benzene rings is 1. The standard InChI is InChI=1S/C31H42O17/c1-3-16-17(10-21(35)43-9-8-14-4-6-15(34)7-5-14)18(28(41)42-2)13-44-29(16)48-31-26(40)27(23(37)20(12-33)46-31)47-30-25(39)24(38)22(36)19(11-32)45-30/h3-7,13,17,19-20,22-27,29-34,36-40H,8-12H2,1-2H3/b16-3+/t17-,19+,20+,22+,23+,24-,25+,26+,27-,29-,30-,31-/m0/s1. The van der Waals surface area contributed by atoms with Gasteiger partial charge in [0.05, 0.1) is 45.2 Å². The van der Waals surface area contributed by atoms with Crippen LogP contribution in [0.15, 0.2) is 47.7 Å². The Labute approximate surface area is 275 Å². The Balaban J connectivity index is 1.48. The van der Waals surface area contributed by atoms with Crippen molar-refractivity contribution in [3.05, 3.63) is 53.3 Å². The number of hydrogen-bond acceptors (Lipinski definition) is 17. The van der Waals surface area contributed by atoms with Gasteiger partial charge in [-0.2, -0.15) is 0 Å². The van der Waals surface area contributed by atoms with E-state index in [0.29, 0.717) is 6.42 Å². The minimum atomic E-state index is -1.86. The lowest BCUT2D eigenvalue weighted by molar-refractivity contribution is -0.369. The average Bonchev–Trinajstić information content (AvgIpc) is 3.08. The Morgan fingerprint density at radius 1 is 0.854 bits per heavy atom. The van der Waals surface area contributed by atoms with Crippen LogP contribution >= 0.6 is 0 Å². The van der Waals surface area contributed by atoms with E-state index in [1.54, 1.807) is 19.1 Å². The van der Waals surface area contributed by atoms with Gasteiger partial charge in [-0.15, -0.1) is 0 Å². The fourth-order valence-electron chi connectivity index (χ4n) is 5.58. The van der Waals surface area contributed by atoms with Crippen molar-refractivity contribution in [2.24, 2.45) is 5.92 Å². The average molecular weight is 687 g/mol. The van der Waals surface area contributed by atoms with Crippen molar-refractivity contribution < 1.29 is 83.6 Å². The fraction of sp³-hybridized carbons (Fsp3) is 0.613. The molecule has 0 aliphatic carbocycles. The van der Waals surface area contributed by atoms with Crippen molar-refractivity contribution in [3.8, 4) is 5.75 Å².